The third-order valence-electron chi connectivity index (χ3n) is 3.18. The zero-order valence-corrected chi connectivity index (χ0v) is 13.0. The van der Waals surface area contributed by atoms with Crippen LogP contribution in [0.2, 0.25) is 0 Å². The van der Waals surface area contributed by atoms with E-state index in [9.17, 15) is 13.2 Å². The molecule has 0 saturated carbocycles. The highest BCUT2D eigenvalue weighted by molar-refractivity contribution is 9.10. The molecule has 0 aliphatic carbocycles. The van der Waals surface area contributed by atoms with Gasteiger partial charge < -0.3 is 5.32 Å². The van der Waals surface area contributed by atoms with E-state index < -0.39 is 11.7 Å². The first kappa shape index (κ1) is 16.0. The summed E-state index contributed by atoms with van der Waals surface area (Å²) >= 11 is 3.36. The fourth-order valence-electron chi connectivity index (χ4n) is 2.20. The lowest BCUT2D eigenvalue weighted by Crippen LogP contribution is -2.23. The molecule has 0 aromatic heterocycles. The van der Waals surface area contributed by atoms with E-state index in [1.807, 2.05) is 37.3 Å². The van der Waals surface area contributed by atoms with Gasteiger partial charge in [0.1, 0.15) is 0 Å². The van der Waals surface area contributed by atoms with E-state index in [0.29, 0.717) is 16.6 Å². The first-order valence-corrected chi connectivity index (χ1v) is 7.37. The second kappa shape index (κ2) is 6.62. The monoisotopic (exact) mass is 357 g/mol. The summed E-state index contributed by atoms with van der Waals surface area (Å²) in [6, 6.07) is 12.9. The fourth-order valence-corrected chi connectivity index (χ4v) is 2.67. The molecule has 1 atom stereocenters. The molecule has 2 aromatic carbocycles. The van der Waals surface area contributed by atoms with E-state index in [-0.39, 0.29) is 6.04 Å². The molecule has 21 heavy (non-hydrogen) atoms. The normalized spacial score (nSPS) is 13.2. The van der Waals surface area contributed by atoms with Crippen LogP contribution in [0.5, 0.6) is 0 Å². The molecule has 0 spiro atoms. The minimum absolute atomic E-state index is 0.284. The number of nitrogens with one attached hydrogen (secondary N) is 1. The molecular weight excluding hydrogens is 343 g/mol. The van der Waals surface area contributed by atoms with E-state index in [1.165, 1.54) is 12.1 Å². The van der Waals surface area contributed by atoms with Crippen molar-refractivity contribution in [2.75, 3.05) is 6.54 Å². The van der Waals surface area contributed by atoms with Crippen molar-refractivity contribution >= 4 is 15.9 Å². The van der Waals surface area contributed by atoms with Crippen molar-refractivity contribution < 1.29 is 13.2 Å². The zero-order valence-electron chi connectivity index (χ0n) is 11.4. The number of rotatable bonds is 4. The lowest BCUT2D eigenvalue weighted by molar-refractivity contribution is -0.137. The van der Waals surface area contributed by atoms with Crippen LogP contribution in [-0.2, 0) is 6.18 Å². The SMILES string of the molecule is CCNC(c1ccccc1)c1cc(C(F)(F)F)ccc1Br. The molecule has 0 heterocycles. The molecule has 5 heteroatoms. The maximum Gasteiger partial charge on any atom is 0.416 e. The number of hydrogen-bond acceptors (Lipinski definition) is 1. The van der Waals surface area contributed by atoms with Gasteiger partial charge >= 0.3 is 6.18 Å². The lowest BCUT2D eigenvalue weighted by Gasteiger charge is -2.21. The summed E-state index contributed by atoms with van der Waals surface area (Å²) in [6.07, 6.45) is -4.34. The molecule has 0 aliphatic rings. The van der Waals surface area contributed by atoms with Gasteiger partial charge in [0, 0.05) is 4.47 Å². The highest BCUT2D eigenvalue weighted by Gasteiger charge is 2.31. The van der Waals surface area contributed by atoms with Crippen LogP contribution in [0.1, 0.15) is 29.7 Å². The summed E-state index contributed by atoms with van der Waals surface area (Å²) in [7, 11) is 0. The van der Waals surface area contributed by atoms with Gasteiger partial charge in [0.15, 0.2) is 0 Å². The van der Waals surface area contributed by atoms with Crippen LogP contribution in [0, 0.1) is 0 Å². The van der Waals surface area contributed by atoms with Crippen molar-refractivity contribution in [1.29, 1.82) is 0 Å². The topological polar surface area (TPSA) is 12.0 Å². The Morgan fingerprint density at radius 2 is 1.76 bits per heavy atom. The maximum absolute atomic E-state index is 12.9. The first-order valence-electron chi connectivity index (χ1n) is 6.58. The van der Waals surface area contributed by atoms with Gasteiger partial charge in [-0.1, -0.05) is 53.2 Å². The van der Waals surface area contributed by atoms with E-state index in [4.69, 9.17) is 0 Å². The maximum atomic E-state index is 12.9. The van der Waals surface area contributed by atoms with E-state index in [2.05, 4.69) is 21.2 Å². The second-order valence-corrected chi connectivity index (χ2v) is 5.49. The standard InChI is InChI=1S/C16H15BrF3N/c1-2-21-15(11-6-4-3-5-7-11)13-10-12(16(18,19)20)8-9-14(13)17/h3-10,15,21H,2H2,1H3. The van der Waals surface area contributed by atoms with Crippen LogP contribution < -0.4 is 5.32 Å². The molecule has 0 fully saturated rings. The molecule has 0 amide bonds. The van der Waals surface area contributed by atoms with Gasteiger partial charge in [0.05, 0.1) is 11.6 Å². The molecule has 2 rings (SSSR count). The molecule has 0 bridgehead atoms. The summed E-state index contributed by atoms with van der Waals surface area (Å²) < 4.78 is 39.4. The highest BCUT2D eigenvalue weighted by atomic mass is 79.9. The Balaban J connectivity index is 2.50. The molecule has 1 N–H and O–H groups in total. The summed E-state index contributed by atoms with van der Waals surface area (Å²) in [6.45, 7) is 2.58. The number of hydrogen-bond donors (Lipinski definition) is 1. The Hall–Kier alpha value is -1.33. The predicted molar refractivity (Wildman–Crippen MR) is 81.1 cm³/mol. The quantitative estimate of drug-likeness (QED) is 0.796. The second-order valence-electron chi connectivity index (χ2n) is 4.64. The lowest BCUT2D eigenvalue weighted by atomic mass is 9.97. The molecular formula is C16H15BrF3N. The fraction of sp³-hybridized carbons (Fsp3) is 0.250. The van der Waals surface area contributed by atoms with E-state index >= 15 is 0 Å². The van der Waals surface area contributed by atoms with Gasteiger partial charge in [0.25, 0.3) is 0 Å². The minimum Gasteiger partial charge on any atom is -0.306 e. The Labute approximate surface area is 130 Å². The molecule has 112 valence electrons. The Kier molecular flexibility index (Phi) is 5.06. The van der Waals surface area contributed by atoms with E-state index in [0.717, 1.165) is 11.6 Å². The number of halogens is 4. The minimum atomic E-state index is -4.34. The van der Waals surface area contributed by atoms with Gasteiger partial charge in [-0.05, 0) is 35.9 Å². The molecule has 1 nitrogen and oxygen atoms in total. The zero-order chi connectivity index (χ0) is 15.5. The van der Waals surface area contributed by atoms with Crippen molar-refractivity contribution in [1.82, 2.24) is 5.32 Å². The van der Waals surface area contributed by atoms with Gasteiger partial charge in [-0.3, -0.25) is 0 Å². The van der Waals surface area contributed by atoms with Crippen LogP contribution >= 0.6 is 15.9 Å². The van der Waals surface area contributed by atoms with Crippen LogP contribution in [0.15, 0.2) is 53.0 Å². The molecule has 0 radical (unpaired) electrons. The molecule has 1 unspecified atom stereocenters. The molecule has 0 saturated heterocycles. The first-order chi connectivity index (χ1) is 9.93. The van der Waals surface area contributed by atoms with Gasteiger partial charge in [-0.2, -0.15) is 13.2 Å². The molecule has 2 aromatic rings. The Bertz CT molecular complexity index is 596. The third-order valence-corrected chi connectivity index (χ3v) is 3.90. The summed E-state index contributed by atoms with van der Waals surface area (Å²) in [5, 5.41) is 3.24. The van der Waals surface area contributed by atoms with Crippen LogP contribution in [0.3, 0.4) is 0 Å². The van der Waals surface area contributed by atoms with Crippen molar-refractivity contribution in [3.63, 3.8) is 0 Å². The van der Waals surface area contributed by atoms with Crippen molar-refractivity contribution in [2.24, 2.45) is 0 Å². The smallest absolute Gasteiger partial charge is 0.306 e. The third kappa shape index (κ3) is 3.86. The number of alkyl halides is 3. The largest absolute Gasteiger partial charge is 0.416 e. The predicted octanol–water partition coefficient (Wildman–Crippen LogP) is 5.17. The van der Waals surface area contributed by atoms with Crippen LogP contribution in [0.25, 0.3) is 0 Å². The van der Waals surface area contributed by atoms with Crippen molar-refractivity contribution in [3.8, 4) is 0 Å². The number of benzene rings is 2. The van der Waals surface area contributed by atoms with E-state index in [1.54, 1.807) is 0 Å². The van der Waals surface area contributed by atoms with Crippen LogP contribution in [0.4, 0.5) is 13.2 Å². The van der Waals surface area contributed by atoms with Crippen molar-refractivity contribution in [2.45, 2.75) is 19.1 Å². The van der Waals surface area contributed by atoms with Gasteiger partial charge in [0.2, 0.25) is 0 Å². The summed E-state index contributed by atoms with van der Waals surface area (Å²) in [5.74, 6) is 0. The highest BCUT2D eigenvalue weighted by Crippen LogP contribution is 2.35. The van der Waals surface area contributed by atoms with Crippen molar-refractivity contribution in [3.05, 3.63) is 69.7 Å². The van der Waals surface area contributed by atoms with Gasteiger partial charge in [-0.25, -0.2) is 0 Å². The summed E-state index contributed by atoms with van der Waals surface area (Å²) in [5.41, 5.74) is 0.872. The summed E-state index contributed by atoms with van der Waals surface area (Å²) in [4.78, 5) is 0. The van der Waals surface area contributed by atoms with Crippen LogP contribution in [-0.4, -0.2) is 6.54 Å². The average Bonchev–Trinajstić information content (AvgIpc) is 2.45. The Morgan fingerprint density at radius 1 is 1.10 bits per heavy atom. The van der Waals surface area contributed by atoms with Gasteiger partial charge in [-0.15, -0.1) is 0 Å². The Morgan fingerprint density at radius 3 is 2.33 bits per heavy atom. The average molecular weight is 358 g/mol. The molecule has 0 aliphatic heterocycles.